The van der Waals surface area contributed by atoms with E-state index < -0.39 is 0 Å². The molecule has 1 amide bonds. The van der Waals surface area contributed by atoms with Gasteiger partial charge in [0, 0.05) is 25.7 Å². The first-order valence-corrected chi connectivity index (χ1v) is 9.86. The zero-order valence-corrected chi connectivity index (χ0v) is 16.2. The molecule has 0 atom stereocenters. The van der Waals surface area contributed by atoms with Crippen LogP contribution in [0.5, 0.6) is 0 Å². The Hall–Kier alpha value is -2.27. The molecule has 0 saturated carbocycles. The summed E-state index contributed by atoms with van der Waals surface area (Å²) in [6, 6.07) is 8.43. The maximum atomic E-state index is 12.7. The Morgan fingerprint density at radius 3 is 2.67 bits per heavy atom. The zero-order valence-electron chi connectivity index (χ0n) is 16.2. The molecule has 4 rings (SSSR count). The van der Waals surface area contributed by atoms with E-state index in [0.29, 0.717) is 13.0 Å². The normalized spacial score (nSPS) is 18.4. The quantitative estimate of drug-likeness (QED) is 0.839. The molecular formula is C22H27N3O2. The number of rotatable bonds is 3. The van der Waals surface area contributed by atoms with Crippen molar-refractivity contribution in [2.75, 3.05) is 19.7 Å². The molecule has 1 spiro atoms. The number of likely N-dealkylation sites (tertiary alicyclic amines) is 1. The summed E-state index contributed by atoms with van der Waals surface area (Å²) >= 11 is 0. The molecule has 2 aliphatic rings. The molecule has 1 aromatic carbocycles. The highest BCUT2D eigenvalue weighted by molar-refractivity contribution is 5.76. The Bertz CT molecular complexity index is 824. The Morgan fingerprint density at radius 2 is 1.93 bits per heavy atom. The molecular weight excluding hydrogens is 338 g/mol. The average molecular weight is 365 g/mol. The first kappa shape index (κ1) is 18.1. The lowest BCUT2D eigenvalue weighted by molar-refractivity contribution is -0.141. The average Bonchev–Trinajstić information content (AvgIpc) is 2.69. The number of carbonyl (C=O) groups excluding carboxylic acids is 1. The van der Waals surface area contributed by atoms with Crippen molar-refractivity contribution in [3.63, 3.8) is 0 Å². The first-order chi connectivity index (χ1) is 13.1. The number of hydrogen-bond donors (Lipinski definition) is 0. The van der Waals surface area contributed by atoms with Gasteiger partial charge >= 0.3 is 0 Å². The van der Waals surface area contributed by atoms with Crippen molar-refractivity contribution in [1.29, 1.82) is 0 Å². The van der Waals surface area contributed by atoms with Crippen LogP contribution in [0.4, 0.5) is 0 Å². The Kier molecular flexibility index (Phi) is 4.96. The second-order valence-corrected chi connectivity index (χ2v) is 7.75. The van der Waals surface area contributed by atoms with Crippen LogP contribution in [-0.4, -0.2) is 40.5 Å². The van der Waals surface area contributed by atoms with Crippen molar-refractivity contribution in [1.82, 2.24) is 14.9 Å². The van der Waals surface area contributed by atoms with E-state index in [1.54, 1.807) is 0 Å². The fraction of sp³-hybridized carbons (Fsp3) is 0.500. The summed E-state index contributed by atoms with van der Waals surface area (Å²) in [5.41, 5.74) is 4.38. The Morgan fingerprint density at radius 1 is 1.19 bits per heavy atom. The van der Waals surface area contributed by atoms with Gasteiger partial charge in [0.1, 0.15) is 11.4 Å². The highest BCUT2D eigenvalue weighted by Crippen LogP contribution is 2.40. The number of fused-ring (bicyclic) bond motifs is 2. The van der Waals surface area contributed by atoms with Crippen molar-refractivity contribution in [2.24, 2.45) is 0 Å². The summed E-state index contributed by atoms with van der Waals surface area (Å²) in [7, 11) is 0. The van der Waals surface area contributed by atoms with E-state index in [2.05, 4.69) is 36.2 Å². The van der Waals surface area contributed by atoms with Crippen LogP contribution >= 0.6 is 0 Å². The summed E-state index contributed by atoms with van der Waals surface area (Å²) in [6.07, 6.45) is 5.80. The molecule has 0 N–H and O–H groups in total. The van der Waals surface area contributed by atoms with E-state index in [1.165, 1.54) is 16.7 Å². The number of benzene rings is 1. The van der Waals surface area contributed by atoms with E-state index >= 15 is 0 Å². The summed E-state index contributed by atoms with van der Waals surface area (Å²) in [6.45, 7) is 6.17. The summed E-state index contributed by atoms with van der Waals surface area (Å²) in [5, 5.41) is 0. The van der Waals surface area contributed by atoms with Gasteiger partial charge in [0.05, 0.1) is 12.3 Å². The van der Waals surface area contributed by atoms with E-state index in [0.717, 1.165) is 50.3 Å². The number of hydrogen-bond acceptors (Lipinski definition) is 4. The molecule has 5 nitrogen and oxygen atoms in total. The van der Waals surface area contributed by atoms with Gasteiger partial charge in [-0.2, -0.15) is 0 Å². The van der Waals surface area contributed by atoms with Crippen LogP contribution in [0, 0.1) is 13.8 Å². The van der Waals surface area contributed by atoms with Gasteiger partial charge in [-0.05, 0) is 50.7 Å². The highest BCUT2D eigenvalue weighted by atomic mass is 16.5. The molecule has 1 saturated heterocycles. The minimum atomic E-state index is -0.338. The standard InChI is InChI=1S/C22H27N3O2/c1-16-3-5-18(6-4-16)7-8-20(26)25-12-10-22(11-13-25)21-19(9-14-27-22)15-23-17(2)24-21/h3-6,15H,7-14H2,1-2H3. The molecule has 27 heavy (non-hydrogen) atoms. The molecule has 2 aromatic rings. The van der Waals surface area contributed by atoms with E-state index in [-0.39, 0.29) is 11.5 Å². The van der Waals surface area contributed by atoms with Crippen LogP contribution in [0.3, 0.4) is 0 Å². The van der Waals surface area contributed by atoms with Gasteiger partial charge in [-0.3, -0.25) is 4.79 Å². The molecule has 142 valence electrons. The monoisotopic (exact) mass is 365 g/mol. The van der Waals surface area contributed by atoms with Crippen LogP contribution in [0.15, 0.2) is 30.5 Å². The lowest BCUT2D eigenvalue weighted by Gasteiger charge is -2.44. The van der Waals surface area contributed by atoms with Crippen LogP contribution in [-0.2, 0) is 28.0 Å². The smallest absolute Gasteiger partial charge is 0.222 e. The zero-order chi connectivity index (χ0) is 18.9. The molecule has 0 radical (unpaired) electrons. The lowest BCUT2D eigenvalue weighted by atomic mass is 9.83. The van der Waals surface area contributed by atoms with Crippen LogP contribution in [0.2, 0.25) is 0 Å². The second-order valence-electron chi connectivity index (χ2n) is 7.75. The van der Waals surface area contributed by atoms with Gasteiger partial charge in [-0.15, -0.1) is 0 Å². The molecule has 2 aliphatic heterocycles. The predicted octanol–water partition coefficient (Wildman–Crippen LogP) is 3.12. The van der Waals surface area contributed by atoms with Gasteiger partial charge < -0.3 is 9.64 Å². The van der Waals surface area contributed by atoms with E-state index in [4.69, 9.17) is 9.72 Å². The number of aryl methyl sites for hydroxylation is 3. The number of nitrogens with zero attached hydrogens (tertiary/aromatic N) is 3. The molecule has 0 unspecified atom stereocenters. The number of carbonyl (C=O) groups is 1. The van der Waals surface area contributed by atoms with E-state index in [1.807, 2.05) is 18.0 Å². The number of ether oxygens (including phenoxy) is 1. The van der Waals surface area contributed by atoms with Crippen molar-refractivity contribution >= 4 is 5.91 Å². The maximum Gasteiger partial charge on any atom is 0.222 e. The predicted molar refractivity (Wildman–Crippen MR) is 103 cm³/mol. The molecule has 1 aromatic heterocycles. The Balaban J connectivity index is 1.38. The highest BCUT2D eigenvalue weighted by Gasteiger charge is 2.43. The van der Waals surface area contributed by atoms with Crippen molar-refractivity contribution in [3.05, 3.63) is 58.7 Å². The van der Waals surface area contributed by atoms with Gasteiger partial charge in [0.2, 0.25) is 5.91 Å². The van der Waals surface area contributed by atoms with Gasteiger partial charge in [-0.25, -0.2) is 9.97 Å². The van der Waals surface area contributed by atoms with Crippen molar-refractivity contribution < 1.29 is 9.53 Å². The van der Waals surface area contributed by atoms with Gasteiger partial charge in [0.15, 0.2) is 0 Å². The van der Waals surface area contributed by atoms with Crippen molar-refractivity contribution in [2.45, 2.75) is 51.6 Å². The number of amides is 1. The molecule has 0 aliphatic carbocycles. The lowest BCUT2D eigenvalue weighted by Crippen LogP contribution is -2.49. The van der Waals surface area contributed by atoms with Gasteiger partial charge in [0.25, 0.3) is 0 Å². The fourth-order valence-electron chi connectivity index (χ4n) is 4.16. The fourth-order valence-corrected chi connectivity index (χ4v) is 4.16. The van der Waals surface area contributed by atoms with Crippen LogP contribution in [0.25, 0.3) is 0 Å². The topological polar surface area (TPSA) is 55.3 Å². The van der Waals surface area contributed by atoms with E-state index in [9.17, 15) is 4.79 Å². The van der Waals surface area contributed by atoms with Crippen LogP contribution in [0.1, 0.15) is 47.5 Å². The van der Waals surface area contributed by atoms with Crippen molar-refractivity contribution in [3.8, 4) is 0 Å². The largest absolute Gasteiger partial charge is 0.368 e. The third-order valence-electron chi connectivity index (χ3n) is 5.84. The molecule has 5 heteroatoms. The molecule has 0 bridgehead atoms. The molecule has 1 fully saturated rings. The summed E-state index contributed by atoms with van der Waals surface area (Å²) < 4.78 is 6.23. The minimum absolute atomic E-state index is 0.236. The molecule has 3 heterocycles. The third-order valence-corrected chi connectivity index (χ3v) is 5.84. The summed E-state index contributed by atoms with van der Waals surface area (Å²) in [5.74, 6) is 1.02. The minimum Gasteiger partial charge on any atom is -0.368 e. The second kappa shape index (κ2) is 7.39. The first-order valence-electron chi connectivity index (χ1n) is 9.86. The van der Waals surface area contributed by atoms with Crippen LogP contribution < -0.4 is 0 Å². The summed E-state index contributed by atoms with van der Waals surface area (Å²) in [4.78, 5) is 23.7. The Labute approximate surface area is 160 Å². The maximum absolute atomic E-state index is 12.7. The SMILES string of the molecule is Cc1ccc(CCC(=O)N2CCC3(CC2)OCCc2cnc(C)nc23)cc1. The number of piperidine rings is 1. The van der Waals surface area contributed by atoms with Gasteiger partial charge in [-0.1, -0.05) is 29.8 Å². The number of aromatic nitrogens is 2. The third kappa shape index (κ3) is 3.74.